The Morgan fingerprint density at radius 1 is 1.10 bits per heavy atom. The Morgan fingerprint density at radius 2 is 1.85 bits per heavy atom. The highest BCUT2D eigenvalue weighted by atomic mass is 16.5. The van der Waals surface area contributed by atoms with Gasteiger partial charge < -0.3 is 23.9 Å². The van der Waals surface area contributed by atoms with E-state index in [1.54, 1.807) is 27.6 Å². The number of benzene rings is 1. The SMILES string of the molecule is CCNCCc1coc2cc(OC)c(OC)c(OC)c12. The average molecular weight is 279 g/mol. The number of ether oxygens (including phenoxy) is 3. The predicted octanol–water partition coefficient (Wildman–Crippen LogP) is 2.61. The number of fused-ring (bicyclic) bond motifs is 1. The number of rotatable bonds is 7. The van der Waals surface area contributed by atoms with Crippen molar-refractivity contribution in [3.63, 3.8) is 0 Å². The molecule has 0 saturated carbocycles. The molecule has 1 aromatic carbocycles. The monoisotopic (exact) mass is 279 g/mol. The van der Waals surface area contributed by atoms with E-state index in [-0.39, 0.29) is 0 Å². The zero-order chi connectivity index (χ0) is 14.5. The first-order valence-corrected chi connectivity index (χ1v) is 6.66. The van der Waals surface area contributed by atoms with E-state index in [9.17, 15) is 0 Å². The molecule has 0 unspecified atom stereocenters. The van der Waals surface area contributed by atoms with Crippen molar-refractivity contribution < 1.29 is 18.6 Å². The van der Waals surface area contributed by atoms with E-state index in [1.165, 1.54) is 0 Å². The maximum atomic E-state index is 5.62. The molecule has 1 heterocycles. The van der Waals surface area contributed by atoms with Crippen molar-refractivity contribution in [3.8, 4) is 17.2 Å². The minimum absolute atomic E-state index is 0.591. The summed E-state index contributed by atoms with van der Waals surface area (Å²) < 4.78 is 21.9. The molecule has 0 bridgehead atoms. The predicted molar refractivity (Wildman–Crippen MR) is 78.1 cm³/mol. The van der Waals surface area contributed by atoms with Crippen LogP contribution >= 0.6 is 0 Å². The highest BCUT2D eigenvalue weighted by Crippen LogP contribution is 2.45. The highest BCUT2D eigenvalue weighted by Gasteiger charge is 2.20. The van der Waals surface area contributed by atoms with Gasteiger partial charge in [0.25, 0.3) is 0 Å². The normalized spacial score (nSPS) is 10.8. The number of furan rings is 1. The molecule has 0 radical (unpaired) electrons. The second-order valence-electron chi connectivity index (χ2n) is 4.38. The summed E-state index contributed by atoms with van der Waals surface area (Å²) in [7, 11) is 4.82. The maximum Gasteiger partial charge on any atom is 0.204 e. The van der Waals surface area contributed by atoms with Crippen molar-refractivity contribution in [3.05, 3.63) is 17.9 Å². The van der Waals surface area contributed by atoms with Crippen molar-refractivity contribution in [2.75, 3.05) is 34.4 Å². The number of hydrogen-bond donors (Lipinski definition) is 1. The molecule has 5 heteroatoms. The van der Waals surface area contributed by atoms with Crippen LogP contribution in [0.3, 0.4) is 0 Å². The lowest BCUT2D eigenvalue weighted by Crippen LogP contribution is -2.15. The molecular weight excluding hydrogens is 258 g/mol. The van der Waals surface area contributed by atoms with Crippen molar-refractivity contribution in [2.24, 2.45) is 0 Å². The van der Waals surface area contributed by atoms with Crippen LogP contribution in [0.1, 0.15) is 12.5 Å². The van der Waals surface area contributed by atoms with E-state index in [2.05, 4.69) is 12.2 Å². The Morgan fingerprint density at radius 3 is 2.45 bits per heavy atom. The van der Waals surface area contributed by atoms with E-state index in [1.807, 2.05) is 6.07 Å². The minimum atomic E-state index is 0.591. The first-order valence-electron chi connectivity index (χ1n) is 6.66. The quantitative estimate of drug-likeness (QED) is 0.790. The number of nitrogens with one attached hydrogen (secondary N) is 1. The average Bonchev–Trinajstić information content (AvgIpc) is 2.88. The van der Waals surface area contributed by atoms with Gasteiger partial charge in [0.2, 0.25) is 5.75 Å². The molecule has 0 aliphatic heterocycles. The van der Waals surface area contributed by atoms with Crippen LogP contribution in [0.4, 0.5) is 0 Å². The molecule has 0 atom stereocenters. The van der Waals surface area contributed by atoms with Crippen LogP contribution in [0, 0.1) is 0 Å². The molecular formula is C15H21NO4. The van der Waals surface area contributed by atoms with Gasteiger partial charge >= 0.3 is 0 Å². The van der Waals surface area contributed by atoms with Gasteiger partial charge in [-0.2, -0.15) is 0 Å². The van der Waals surface area contributed by atoms with Gasteiger partial charge in [-0.15, -0.1) is 0 Å². The van der Waals surface area contributed by atoms with Crippen LogP contribution in [0.5, 0.6) is 17.2 Å². The zero-order valence-electron chi connectivity index (χ0n) is 12.4. The van der Waals surface area contributed by atoms with Gasteiger partial charge in [-0.3, -0.25) is 0 Å². The molecule has 1 aromatic heterocycles. The number of methoxy groups -OCH3 is 3. The van der Waals surface area contributed by atoms with Gasteiger partial charge in [-0.1, -0.05) is 6.92 Å². The fraction of sp³-hybridized carbons (Fsp3) is 0.467. The Balaban J connectivity index is 2.52. The first-order chi connectivity index (χ1) is 9.76. The molecule has 0 aliphatic rings. The first kappa shape index (κ1) is 14.5. The Hall–Kier alpha value is -1.88. The lowest BCUT2D eigenvalue weighted by molar-refractivity contribution is 0.326. The standard InChI is InChI=1S/C15H21NO4/c1-5-16-7-6-10-9-20-11-8-12(17-2)14(18-3)15(19-4)13(10)11/h8-9,16H,5-7H2,1-4H3. The molecule has 110 valence electrons. The van der Waals surface area contributed by atoms with Crippen molar-refractivity contribution in [2.45, 2.75) is 13.3 Å². The summed E-state index contributed by atoms with van der Waals surface area (Å²) in [5.41, 5.74) is 1.84. The minimum Gasteiger partial charge on any atom is -0.493 e. The largest absolute Gasteiger partial charge is 0.493 e. The summed E-state index contributed by atoms with van der Waals surface area (Å²) in [5.74, 6) is 1.85. The van der Waals surface area contributed by atoms with Crippen LogP contribution in [0.2, 0.25) is 0 Å². The van der Waals surface area contributed by atoms with Gasteiger partial charge in [0.15, 0.2) is 11.5 Å². The molecule has 0 fully saturated rings. The molecule has 0 amide bonds. The molecule has 0 aliphatic carbocycles. The molecule has 0 spiro atoms. The van der Waals surface area contributed by atoms with E-state index < -0.39 is 0 Å². The van der Waals surface area contributed by atoms with Crippen LogP contribution in [-0.4, -0.2) is 34.4 Å². The summed E-state index contributed by atoms with van der Waals surface area (Å²) in [6.45, 7) is 3.93. The van der Waals surface area contributed by atoms with Crippen LogP contribution < -0.4 is 19.5 Å². The lowest BCUT2D eigenvalue weighted by atomic mass is 10.1. The van der Waals surface area contributed by atoms with Crippen LogP contribution in [0.15, 0.2) is 16.7 Å². The molecule has 2 rings (SSSR count). The summed E-state index contributed by atoms with van der Waals surface area (Å²) in [6.07, 6.45) is 2.64. The fourth-order valence-corrected chi connectivity index (χ4v) is 2.31. The third-order valence-electron chi connectivity index (χ3n) is 3.26. The smallest absolute Gasteiger partial charge is 0.204 e. The van der Waals surface area contributed by atoms with E-state index in [4.69, 9.17) is 18.6 Å². The second-order valence-corrected chi connectivity index (χ2v) is 4.38. The lowest BCUT2D eigenvalue weighted by Gasteiger charge is -2.13. The zero-order valence-corrected chi connectivity index (χ0v) is 12.4. The molecule has 20 heavy (non-hydrogen) atoms. The maximum absolute atomic E-state index is 5.62. The molecule has 5 nitrogen and oxygen atoms in total. The number of likely N-dealkylation sites (N-methyl/N-ethyl adjacent to an activating group) is 1. The van der Waals surface area contributed by atoms with E-state index in [0.717, 1.165) is 36.0 Å². The van der Waals surface area contributed by atoms with Gasteiger partial charge in [0.05, 0.1) is 33.0 Å². The van der Waals surface area contributed by atoms with Crippen molar-refractivity contribution in [1.82, 2.24) is 5.32 Å². The van der Waals surface area contributed by atoms with Crippen molar-refractivity contribution >= 4 is 11.0 Å². The van der Waals surface area contributed by atoms with Gasteiger partial charge in [-0.25, -0.2) is 0 Å². The fourth-order valence-electron chi connectivity index (χ4n) is 2.31. The molecule has 1 N–H and O–H groups in total. The van der Waals surface area contributed by atoms with Crippen LogP contribution in [-0.2, 0) is 6.42 Å². The third-order valence-corrected chi connectivity index (χ3v) is 3.26. The Kier molecular flexibility index (Phi) is 4.74. The summed E-state index contributed by atoms with van der Waals surface area (Å²) in [4.78, 5) is 0. The third kappa shape index (κ3) is 2.54. The van der Waals surface area contributed by atoms with E-state index >= 15 is 0 Å². The molecule has 0 saturated heterocycles. The summed E-state index contributed by atoms with van der Waals surface area (Å²) in [5, 5.41) is 4.25. The van der Waals surface area contributed by atoms with Gasteiger partial charge in [0.1, 0.15) is 5.58 Å². The Bertz CT molecular complexity index is 577. The topological polar surface area (TPSA) is 52.9 Å². The molecule has 2 aromatic rings. The van der Waals surface area contributed by atoms with E-state index in [0.29, 0.717) is 17.2 Å². The van der Waals surface area contributed by atoms with Gasteiger partial charge in [0, 0.05) is 11.6 Å². The second kappa shape index (κ2) is 6.52. The summed E-state index contributed by atoms with van der Waals surface area (Å²) >= 11 is 0. The summed E-state index contributed by atoms with van der Waals surface area (Å²) in [6, 6.07) is 1.83. The number of hydrogen-bond acceptors (Lipinski definition) is 5. The van der Waals surface area contributed by atoms with Gasteiger partial charge in [-0.05, 0) is 19.5 Å². The van der Waals surface area contributed by atoms with Crippen LogP contribution in [0.25, 0.3) is 11.0 Å². The Labute approximate surface area is 118 Å². The van der Waals surface area contributed by atoms with Crippen molar-refractivity contribution in [1.29, 1.82) is 0 Å². The highest BCUT2D eigenvalue weighted by molar-refractivity contribution is 5.92.